The quantitative estimate of drug-likeness (QED) is 0.317. The smallest absolute Gasteiger partial charge is 0.300 e. The van der Waals surface area contributed by atoms with Gasteiger partial charge in [-0.15, -0.1) is 0 Å². The van der Waals surface area contributed by atoms with Crippen LogP contribution in [0.15, 0.2) is 66.4 Å². The van der Waals surface area contributed by atoms with Gasteiger partial charge in [0.2, 0.25) is 0 Å². The normalized spacial score (nSPS) is 17.6. The highest BCUT2D eigenvalue weighted by atomic mass is 35.5. The predicted molar refractivity (Wildman–Crippen MR) is 123 cm³/mol. The summed E-state index contributed by atoms with van der Waals surface area (Å²) < 4.78 is 5.22. The molecular formula is C24H18Cl2N2O4. The number of benzene rings is 2. The van der Waals surface area contributed by atoms with Crippen LogP contribution >= 0.6 is 23.2 Å². The first-order valence-corrected chi connectivity index (χ1v) is 10.4. The summed E-state index contributed by atoms with van der Waals surface area (Å²) in [6.07, 6.45) is 1.55. The van der Waals surface area contributed by atoms with Crippen molar-refractivity contribution in [2.75, 3.05) is 12.0 Å². The first kappa shape index (κ1) is 21.9. The average molecular weight is 469 g/mol. The summed E-state index contributed by atoms with van der Waals surface area (Å²) in [5.74, 6) is -1.63. The van der Waals surface area contributed by atoms with Crippen LogP contribution in [0.4, 0.5) is 5.69 Å². The molecule has 162 valence electrons. The van der Waals surface area contributed by atoms with Crippen LogP contribution in [0.2, 0.25) is 10.0 Å². The molecule has 1 aromatic heterocycles. The third-order valence-electron chi connectivity index (χ3n) is 5.27. The van der Waals surface area contributed by atoms with E-state index in [1.54, 1.807) is 61.7 Å². The number of rotatable bonds is 4. The Labute approximate surface area is 194 Å². The van der Waals surface area contributed by atoms with E-state index in [2.05, 4.69) is 4.98 Å². The van der Waals surface area contributed by atoms with Crippen LogP contribution in [0, 0.1) is 6.92 Å². The summed E-state index contributed by atoms with van der Waals surface area (Å²) in [4.78, 5) is 32.1. The highest BCUT2D eigenvalue weighted by Gasteiger charge is 2.48. The van der Waals surface area contributed by atoms with Crippen molar-refractivity contribution in [1.29, 1.82) is 0 Å². The molecule has 1 unspecified atom stereocenters. The predicted octanol–water partition coefficient (Wildman–Crippen LogP) is 5.33. The third-order valence-corrected chi connectivity index (χ3v) is 5.84. The van der Waals surface area contributed by atoms with E-state index < -0.39 is 23.5 Å². The van der Waals surface area contributed by atoms with Gasteiger partial charge in [0.25, 0.3) is 11.7 Å². The summed E-state index contributed by atoms with van der Waals surface area (Å²) in [5.41, 5.74) is 1.64. The molecule has 0 spiro atoms. The maximum atomic E-state index is 13.2. The van der Waals surface area contributed by atoms with Gasteiger partial charge in [0.05, 0.1) is 23.4 Å². The van der Waals surface area contributed by atoms with Gasteiger partial charge in [-0.3, -0.25) is 19.5 Å². The van der Waals surface area contributed by atoms with Gasteiger partial charge < -0.3 is 9.84 Å². The highest BCUT2D eigenvalue weighted by Crippen LogP contribution is 2.44. The number of aryl methyl sites for hydroxylation is 1. The van der Waals surface area contributed by atoms with Crippen LogP contribution in [0.5, 0.6) is 5.75 Å². The minimum Gasteiger partial charge on any atom is -0.507 e. The van der Waals surface area contributed by atoms with E-state index in [1.165, 1.54) is 18.1 Å². The lowest BCUT2D eigenvalue weighted by molar-refractivity contribution is -0.132. The van der Waals surface area contributed by atoms with Gasteiger partial charge in [0.15, 0.2) is 0 Å². The second-order valence-electron chi connectivity index (χ2n) is 7.20. The van der Waals surface area contributed by atoms with Gasteiger partial charge in [-0.1, -0.05) is 35.3 Å². The highest BCUT2D eigenvalue weighted by molar-refractivity contribution is 6.52. The second kappa shape index (κ2) is 8.65. The number of methoxy groups -OCH3 is 1. The average Bonchev–Trinajstić information content (AvgIpc) is 3.06. The number of anilines is 1. The Morgan fingerprint density at radius 2 is 1.88 bits per heavy atom. The molecule has 0 aliphatic carbocycles. The van der Waals surface area contributed by atoms with Crippen LogP contribution in [0.1, 0.15) is 22.9 Å². The molecule has 1 N–H and O–H groups in total. The van der Waals surface area contributed by atoms with Gasteiger partial charge in [-0.2, -0.15) is 0 Å². The Kier molecular flexibility index (Phi) is 5.91. The number of aliphatic hydroxyl groups is 1. The van der Waals surface area contributed by atoms with Crippen molar-refractivity contribution < 1.29 is 19.4 Å². The zero-order valence-electron chi connectivity index (χ0n) is 17.2. The molecular weight excluding hydrogens is 451 g/mol. The Balaban J connectivity index is 2.00. The summed E-state index contributed by atoms with van der Waals surface area (Å²) in [5, 5.41) is 11.8. The Morgan fingerprint density at radius 1 is 1.09 bits per heavy atom. The topological polar surface area (TPSA) is 79.7 Å². The van der Waals surface area contributed by atoms with Crippen molar-refractivity contribution in [2.24, 2.45) is 0 Å². The molecule has 1 atom stereocenters. The van der Waals surface area contributed by atoms with Crippen LogP contribution in [-0.2, 0) is 9.59 Å². The lowest BCUT2D eigenvalue weighted by Crippen LogP contribution is -2.30. The molecule has 1 aliphatic rings. The van der Waals surface area contributed by atoms with Crippen molar-refractivity contribution >= 4 is 46.3 Å². The molecule has 2 heterocycles. The lowest BCUT2D eigenvalue weighted by Gasteiger charge is -2.26. The molecule has 1 fully saturated rings. The number of ketones is 1. The molecule has 6 nitrogen and oxygen atoms in total. The van der Waals surface area contributed by atoms with E-state index in [-0.39, 0.29) is 16.2 Å². The number of Topliss-reactive ketones (excluding diaryl/α,β-unsaturated/α-hetero) is 1. The summed E-state index contributed by atoms with van der Waals surface area (Å²) in [6, 6.07) is 13.9. The number of hydrogen-bond acceptors (Lipinski definition) is 5. The molecule has 2 aromatic carbocycles. The molecule has 0 bridgehead atoms. The van der Waals surface area contributed by atoms with Crippen molar-refractivity contribution in [2.45, 2.75) is 13.0 Å². The fourth-order valence-corrected chi connectivity index (χ4v) is 4.07. The van der Waals surface area contributed by atoms with Crippen LogP contribution in [0.25, 0.3) is 5.76 Å². The van der Waals surface area contributed by atoms with E-state index in [4.69, 9.17) is 27.9 Å². The van der Waals surface area contributed by atoms with E-state index >= 15 is 0 Å². The minimum atomic E-state index is -0.976. The van der Waals surface area contributed by atoms with Crippen LogP contribution in [0.3, 0.4) is 0 Å². The number of carbonyl (C=O) groups is 2. The maximum Gasteiger partial charge on any atom is 0.300 e. The van der Waals surface area contributed by atoms with Crippen molar-refractivity contribution in [1.82, 2.24) is 4.98 Å². The number of halogens is 2. The molecule has 32 heavy (non-hydrogen) atoms. The Hall–Kier alpha value is -3.35. The third kappa shape index (κ3) is 3.72. The molecule has 0 radical (unpaired) electrons. The first-order valence-electron chi connectivity index (χ1n) is 9.65. The summed E-state index contributed by atoms with van der Waals surface area (Å²) in [6.45, 7) is 1.80. The molecule has 1 saturated heterocycles. The molecule has 4 rings (SSSR count). The molecule has 0 saturated carbocycles. The monoisotopic (exact) mass is 468 g/mol. The van der Waals surface area contributed by atoms with E-state index in [0.717, 1.165) is 5.56 Å². The zero-order chi connectivity index (χ0) is 23.0. The summed E-state index contributed by atoms with van der Waals surface area (Å²) >= 11 is 12.5. The van der Waals surface area contributed by atoms with Gasteiger partial charge >= 0.3 is 0 Å². The number of aliphatic hydroxyl groups excluding tert-OH is 1. The Morgan fingerprint density at radius 3 is 2.56 bits per heavy atom. The van der Waals surface area contributed by atoms with Crippen molar-refractivity contribution in [3.05, 3.63) is 93.2 Å². The zero-order valence-corrected chi connectivity index (χ0v) is 18.7. The number of ether oxygens (including phenoxy) is 1. The fourth-order valence-electron chi connectivity index (χ4n) is 3.70. The summed E-state index contributed by atoms with van der Waals surface area (Å²) in [7, 11) is 1.47. The number of nitrogens with zero attached hydrogens (tertiary/aromatic N) is 2. The minimum absolute atomic E-state index is 0.122. The molecule has 1 aliphatic heterocycles. The fraction of sp³-hybridized carbons (Fsp3) is 0.125. The van der Waals surface area contributed by atoms with E-state index in [0.29, 0.717) is 22.2 Å². The molecule has 3 aromatic rings. The van der Waals surface area contributed by atoms with Gasteiger partial charge in [0, 0.05) is 22.5 Å². The van der Waals surface area contributed by atoms with Gasteiger partial charge in [-0.25, -0.2) is 0 Å². The number of pyridine rings is 1. The maximum absolute atomic E-state index is 13.2. The molecule has 8 heteroatoms. The standard InChI is InChI=1S/C24H18Cl2N2O4/c1-13-6-7-14(25)11-19(13)28-21(18-5-3-4-10-27-18)20(23(30)24(28)31)22(29)16-12-15(32-2)8-9-17(16)26/h3-12,21,29H,1-2H3/b22-20+. The molecule has 1 amide bonds. The number of carbonyl (C=O) groups excluding carboxylic acids is 2. The lowest BCUT2D eigenvalue weighted by atomic mass is 9.97. The SMILES string of the molecule is COc1ccc(Cl)c(/C(O)=C2\C(=O)C(=O)N(c3cc(Cl)ccc3C)C2c2ccccn2)c1. The Bertz CT molecular complexity index is 1260. The number of aromatic nitrogens is 1. The number of amides is 1. The van der Waals surface area contributed by atoms with E-state index in [1.807, 2.05) is 0 Å². The van der Waals surface area contributed by atoms with Gasteiger partial charge in [0.1, 0.15) is 17.6 Å². The van der Waals surface area contributed by atoms with E-state index in [9.17, 15) is 14.7 Å². The van der Waals surface area contributed by atoms with Crippen molar-refractivity contribution in [3.8, 4) is 5.75 Å². The van der Waals surface area contributed by atoms with Crippen LogP contribution in [-0.4, -0.2) is 28.9 Å². The largest absolute Gasteiger partial charge is 0.507 e. The van der Waals surface area contributed by atoms with Crippen molar-refractivity contribution in [3.63, 3.8) is 0 Å². The first-order chi connectivity index (χ1) is 15.3. The number of hydrogen-bond donors (Lipinski definition) is 1. The van der Waals surface area contributed by atoms with Crippen LogP contribution < -0.4 is 9.64 Å². The van der Waals surface area contributed by atoms with Gasteiger partial charge in [-0.05, 0) is 55.0 Å². The second-order valence-corrected chi connectivity index (χ2v) is 8.04.